The Labute approximate surface area is 122 Å². The van der Waals surface area contributed by atoms with E-state index in [1.165, 1.54) is 17.7 Å². The first-order chi connectivity index (χ1) is 9.47. The minimum atomic E-state index is -0.482. The maximum atomic E-state index is 10.9. The van der Waals surface area contributed by atoms with Crippen molar-refractivity contribution in [3.63, 3.8) is 0 Å². The highest BCUT2D eigenvalue weighted by Gasteiger charge is 2.14. The number of benzene rings is 2. The lowest BCUT2D eigenvalue weighted by atomic mass is 10.1. The predicted octanol–water partition coefficient (Wildman–Crippen LogP) is 4.73. The second kappa shape index (κ2) is 5.92. The minimum absolute atomic E-state index is 0.0522. The summed E-state index contributed by atoms with van der Waals surface area (Å²) in [5.74, 6) is 0. The molecule has 1 N–H and O–H groups in total. The number of nitrogens with zero attached hydrogens (tertiary/aromatic N) is 1. The van der Waals surface area contributed by atoms with E-state index in [9.17, 15) is 10.1 Å². The molecule has 2 rings (SSSR count). The van der Waals surface area contributed by atoms with E-state index >= 15 is 0 Å². The van der Waals surface area contributed by atoms with E-state index in [4.69, 9.17) is 11.6 Å². The number of nitro benzene ring substituents is 1. The van der Waals surface area contributed by atoms with Crippen LogP contribution < -0.4 is 5.32 Å². The van der Waals surface area contributed by atoms with Gasteiger partial charge in [0.05, 0.1) is 4.92 Å². The molecule has 0 amide bonds. The first kappa shape index (κ1) is 14.3. The van der Waals surface area contributed by atoms with Crippen LogP contribution in [0.3, 0.4) is 0 Å². The highest BCUT2D eigenvalue weighted by atomic mass is 35.5. The predicted molar refractivity (Wildman–Crippen MR) is 81.3 cm³/mol. The number of nitro groups is 1. The molecule has 5 heteroatoms. The van der Waals surface area contributed by atoms with Crippen molar-refractivity contribution in [1.29, 1.82) is 0 Å². The fraction of sp³-hybridized carbons (Fsp3) is 0.200. The number of anilines is 1. The molecule has 1 atom stereocenters. The van der Waals surface area contributed by atoms with Gasteiger partial charge < -0.3 is 5.32 Å². The molecule has 0 aliphatic rings. The molecule has 0 aliphatic heterocycles. The van der Waals surface area contributed by atoms with Gasteiger partial charge in [0.15, 0.2) is 0 Å². The Balaban J connectivity index is 2.19. The third kappa shape index (κ3) is 3.27. The fourth-order valence-corrected chi connectivity index (χ4v) is 2.12. The summed E-state index contributed by atoms with van der Waals surface area (Å²) in [6.45, 7) is 4.04. The molecular weight excluding hydrogens is 276 g/mol. The lowest BCUT2D eigenvalue weighted by Crippen LogP contribution is -2.06. The van der Waals surface area contributed by atoms with Gasteiger partial charge in [-0.05, 0) is 31.5 Å². The van der Waals surface area contributed by atoms with E-state index in [1.54, 1.807) is 6.07 Å². The molecule has 4 nitrogen and oxygen atoms in total. The van der Waals surface area contributed by atoms with E-state index in [0.29, 0.717) is 5.69 Å². The Morgan fingerprint density at radius 3 is 2.45 bits per heavy atom. The number of aryl methyl sites for hydroxylation is 1. The summed E-state index contributed by atoms with van der Waals surface area (Å²) in [6.07, 6.45) is 0. The van der Waals surface area contributed by atoms with Crippen LogP contribution in [-0.2, 0) is 0 Å². The maximum absolute atomic E-state index is 10.9. The molecule has 0 fully saturated rings. The summed E-state index contributed by atoms with van der Waals surface area (Å²) in [5, 5.41) is 14.2. The van der Waals surface area contributed by atoms with Crippen molar-refractivity contribution >= 4 is 23.0 Å². The van der Waals surface area contributed by atoms with Crippen LogP contribution in [0.15, 0.2) is 42.5 Å². The third-order valence-electron chi connectivity index (χ3n) is 3.10. The number of hydrogen-bond acceptors (Lipinski definition) is 3. The monoisotopic (exact) mass is 290 g/mol. The van der Waals surface area contributed by atoms with E-state index in [-0.39, 0.29) is 16.8 Å². The Kier molecular flexibility index (Phi) is 4.25. The van der Waals surface area contributed by atoms with E-state index in [1.807, 2.05) is 38.1 Å². The molecule has 20 heavy (non-hydrogen) atoms. The molecule has 0 spiro atoms. The topological polar surface area (TPSA) is 55.2 Å². The van der Waals surface area contributed by atoms with Crippen molar-refractivity contribution in [2.75, 3.05) is 5.32 Å². The quantitative estimate of drug-likeness (QED) is 0.654. The third-order valence-corrected chi connectivity index (χ3v) is 3.42. The van der Waals surface area contributed by atoms with Crippen molar-refractivity contribution in [2.24, 2.45) is 0 Å². The van der Waals surface area contributed by atoms with E-state index in [0.717, 1.165) is 5.56 Å². The highest BCUT2D eigenvalue weighted by Crippen LogP contribution is 2.29. The van der Waals surface area contributed by atoms with E-state index < -0.39 is 4.92 Å². The summed E-state index contributed by atoms with van der Waals surface area (Å²) in [6, 6.07) is 12.9. The van der Waals surface area contributed by atoms with Crippen molar-refractivity contribution < 1.29 is 4.92 Å². The molecule has 0 saturated heterocycles. The van der Waals surface area contributed by atoms with Gasteiger partial charge in [0.2, 0.25) is 0 Å². The molecule has 104 valence electrons. The van der Waals surface area contributed by atoms with Crippen molar-refractivity contribution in [3.8, 4) is 0 Å². The maximum Gasteiger partial charge on any atom is 0.289 e. The Bertz CT molecular complexity index is 626. The average Bonchev–Trinajstić information content (AvgIpc) is 2.41. The normalized spacial score (nSPS) is 11.9. The summed E-state index contributed by atoms with van der Waals surface area (Å²) >= 11 is 5.79. The summed E-state index contributed by atoms with van der Waals surface area (Å²) in [7, 11) is 0. The van der Waals surface area contributed by atoms with Crippen LogP contribution in [0, 0.1) is 17.0 Å². The largest absolute Gasteiger partial charge is 0.378 e. The second-order valence-electron chi connectivity index (χ2n) is 4.70. The smallest absolute Gasteiger partial charge is 0.289 e. The molecule has 0 bridgehead atoms. The minimum Gasteiger partial charge on any atom is -0.378 e. The van der Waals surface area contributed by atoms with Gasteiger partial charge in [0.1, 0.15) is 5.02 Å². The standard InChI is InChI=1S/C15H15ClN2O2/c1-10-3-5-12(6-4-10)11(2)17-13-7-8-14(16)15(9-13)18(19)20/h3-9,11,17H,1-2H3. The lowest BCUT2D eigenvalue weighted by molar-refractivity contribution is -0.384. The van der Waals surface area contributed by atoms with Gasteiger partial charge in [0.25, 0.3) is 5.69 Å². The van der Waals surface area contributed by atoms with Gasteiger partial charge in [0, 0.05) is 17.8 Å². The summed E-state index contributed by atoms with van der Waals surface area (Å²) in [5.41, 5.74) is 2.90. The zero-order valence-electron chi connectivity index (χ0n) is 11.3. The van der Waals surface area contributed by atoms with Crippen LogP contribution >= 0.6 is 11.6 Å². The van der Waals surface area contributed by atoms with Gasteiger partial charge in [-0.3, -0.25) is 10.1 Å². The summed E-state index contributed by atoms with van der Waals surface area (Å²) < 4.78 is 0. The molecule has 0 aromatic heterocycles. The van der Waals surface area contributed by atoms with Crippen LogP contribution in [0.5, 0.6) is 0 Å². The van der Waals surface area contributed by atoms with Crippen molar-refractivity contribution in [2.45, 2.75) is 19.9 Å². The lowest BCUT2D eigenvalue weighted by Gasteiger charge is -2.16. The molecule has 0 saturated carbocycles. The Morgan fingerprint density at radius 1 is 1.20 bits per heavy atom. The number of nitrogens with one attached hydrogen (secondary N) is 1. The molecule has 2 aromatic rings. The van der Waals surface area contributed by atoms with Crippen LogP contribution in [-0.4, -0.2) is 4.92 Å². The van der Waals surface area contributed by atoms with Gasteiger partial charge in [-0.15, -0.1) is 0 Å². The zero-order chi connectivity index (χ0) is 14.7. The molecule has 0 radical (unpaired) electrons. The van der Waals surface area contributed by atoms with Crippen LogP contribution in [0.25, 0.3) is 0 Å². The van der Waals surface area contributed by atoms with Gasteiger partial charge in [-0.1, -0.05) is 41.4 Å². The molecule has 1 unspecified atom stereocenters. The number of hydrogen-bond donors (Lipinski definition) is 1. The fourth-order valence-electron chi connectivity index (χ4n) is 1.93. The van der Waals surface area contributed by atoms with Gasteiger partial charge >= 0.3 is 0 Å². The summed E-state index contributed by atoms with van der Waals surface area (Å²) in [4.78, 5) is 10.4. The second-order valence-corrected chi connectivity index (χ2v) is 5.11. The van der Waals surface area contributed by atoms with Crippen LogP contribution in [0.1, 0.15) is 24.1 Å². The van der Waals surface area contributed by atoms with Crippen molar-refractivity contribution in [3.05, 3.63) is 68.7 Å². The zero-order valence-corrected chi connectivity index (χ0v) is 12.0. The molecule has 2 aromatic carbocycles. The van der Waals surface area contributed by atoms with Gasteiger partial charge in [-0.25, -0.2) is 0 Å². The van der Waals surface area contributed by atoms with Gasteiger partial charge in [-0.2, -0.15) is 0 Å². The Morgan fingerprint density at radius 2 is 1.85 bits per heavy atom. The van der Waals surface area contributed by atoms with Crippen molar-refractivity contribution in [1.82, 2.24) is 0 Å². The van der Waals surface area contributed by atoms with E-state index in [2.05, 4.69) is 5.32 Å². The van der Waals surface area contributed by atoms with Crippen LogP contribution in [0.4, 0.5) is 11.4 Å². The number of rotatable bonds is 4. The Hall–Kier alpha value is -2.07. The van der Waals surface area contributed by atoms with Crippen LogP contribution in [0.2, 0.25) is 5.02 Å². The average molecular weight is 291 g/mol. The molecule has 0 heterocycles. The highest BCUT2D eigenvalue weighted by molar-refractivity contribution is 6.32. The first-order valence-electron chi connectivity index (χ1n) is 6.24. The molecular formula is C15H15ClN2O2. The molecule has 0 aliphatic carbocycles. The number of halogens is 1. The first-order valence-corrected chi connectivity index (χ1v) is 6.62. The SMILES string of the molecule is Cc1ccc(C(C)Nc2ccc(Cl)c([N+](=O)[O-])c2)cc1.